The molecule has 2 N–H and O–H groups in total. The minimum absolute atomic E-state index is 0. The summed E-state index contributed by atoms with van der Waals surface area (Å²) in [5.74, 6) is -2.70. The van der Waals surface area contributed by atoms with Gasteiger partial charge in [-0.15, -0.1) is 0 Å². The molecule has 0 fully saturated rings. The maximum absolute atomic E-state index is 11.6. The molecule has 1 atom stereocenters. The van der Waals surface area contributed by atoms with Crippen molar-refractivity contribution in [3.05, 3.63) is 0 Å². The molecule has 9 heteroatoms. The van der Waals surface area contributed by atoms with E-state index in [0.717, 1.165) is 19.3 Å². The summed E-state index contributed by atoms with van der Waals surface area (Å²) >= 11 is 0. The van der Waals surface area contributed by atoms with Crippen molar-refractivity contribution in [2.24, 2.45) is 0 Å². The summed E-state index contributed by atoms with van der Waals surface area (Å²) in [4.78, 5) is 22.2. The molecule has 0 aliphatic heterocycles. The Morgan fingerprint density at radius 2 is 1.17 bits per heavy atom. The van der Waals surface area contributed by atoms with Crippen LogP contribution in [-0.4, -0.2) is 71.4 Å². The number of hydrogen-bond acceptors (Lipinski definition) is 5. The van der Waals surface area contributed by atoms with Gasteiger partial charge in [0.1, 0.15) is 0 Å². The van der Waals surface area contributed by atoms with Crippen molar-refractivity contribution >= 4 is 51.6 Å². The summed E-state index contributed by atoms with van der Waals surface area (Å²) in [6, 6.07) is 0. The molecule has 0 spiro atoms. The Bertz CT molecular complexity index is 523. The molecular weight excluding hydrogens is 407 g/mol. The van der Waals surface area contributed by atoms with Gasteiger partial charge in [0.05, 0.1) is 13.0 Å². The molecule has 0 rings (SSSR count). The fourth-order valence-electron chi connectivity index (χ4n) is 3.03. The summed E-state index contributed by atoms with van der Waals surface area (Å²) in [7, 11) is -4.79. The monoisotopic (exact) mass is 446 g/mol. The molecule has 0 aliphatic rings. The number of hydrogen-bond donors (Lipinski definition) is 2. The molecule has 0 amide bonds. The van der Waals surface area contributed by atoms with Crippen LogP contribution in [-0.2, 0) is 24.4 Å². The van der Waals surface area contributed by atoms with Crippen molar-refractivity contribution in [3.8, 4) is 0 Å². The summed E-state index contributed by atoms with van der Waals surface area (Å²) in [6.45, 7) is 2.26. The molecule has 29 heavy (non-hydrogen) atoms. The summed E-state index contributed by atoms with van der Waals surface area (Å²) < 4.78 is 35.8. The molecular formula is C20H39NaO7S. The zero-order valence-corrected chi connectivity index (χ0v) is 18.1. The molecule has 0 aromatic carbocycles. The normalized spacial score (nSPS) is 12.2. The average molecular weight is 447 g/mol. The van der Waals surface area contributed by atoms with Crippen molar-refractivity contribution in [3.63, 3.8) is 0 Å². The number of carbonyl (C=O) groups is 2. The first-order valence-corrected chi connectivity index (χ1v) is 12.1. The van der Waals surface area contributed by atoms with Crippen molar-refractivity contribution in [2.45, 2.75) is 108 Å². The van der Waals surface area contributed by atoms with Gasteiger partial charge in [-0.1, -0.05) is 90.4 Å². The molecule has 0 aromatic rings. The fraction of sp³-hybridized carbons (Fsp3) is 0.900. The number of aliphatic carboxylic acids is 1. The van der Waals surface area contributed by atoms with E-state index in [9.17, 15) is 18.0 Å². The first kappa shape index (κ1) is 31.0. The standard InChI is InChI=1S/C20H38O7S.Na.H/c1-2-3-4-5-6-7-8-9-10-11-12-13-14-15-16-27-20(23)18(17-19(21)22)28(24,25)26;;/h18H,2-17H2,1H3,(H,21,22)(H,24,25,26);;. The quantitative estimate of drug-likeness (QED) is 0.133. The van der Waals surface area contributed by atoms with Crippen molar-refractivity contribution in [1.82, 2.24) is 0 Å². The number of carboxylic acid groups (broad SMARTS) is 1. The van der Waals surface area contributed by atoms with Crippen LogP contribution in [0.3, 0.4) is 0 Å². The van der Waals surface area contributed by atoms with Crippen molar-refractivity contribution < 1.29 is 32.4 Å². The third kappa shape index (κ3) is 19.6. The number of unbranched alkanes of at least 4 members (excludes halogenated alkanes) is 13. The molecule has 7 nitrogen and oxygen atoms in total. The van der Waals surface area contributed by atoms with Crippen LogP contribution < -0.4 is 0 Å². The molecule has 0 heterocycles. The van der Waals surface area contributed by atoms with E-state index in [2.05, 4.69) is 6.92 Å². The fourth-order valence-corrected chi connectivity index (χ4v) is 3.70. The van der Waals surface area contributed by atoms with Crippen LogP contribution in [0.4, 0.5) is 0 Å². The van der Waals surface area contributed by atoms with Gasteiger partial charge in [0, 0.05) is 0 Å². The third-order valence-electron chi connectivity index (χ3n) is 4.72. The SMILES string of the molecule is CCCCCCCCCCCCCCCCOC(=O)C(CC(=O)O)S(=O)(=O)O.[NaH]. The topological polar surface area (TPSA) is 118 Å². The van der Waals surface area contributed by atoms with E-state index in [0.29, 0.717) is 6.42 Å². The summed E-state index contributed by atoms with van der Waals surface area (Å²) in [5.41, 5.74) is 0. The zero-order chi connectivity index (χ0) is 21.3. The predicted octanol–water partition coefficient (Wildman–Crippen LogP) is 4.09. The Morgan fingerprint density at radius 3 is 1.52 bits per heavy atom. The van der Waals surface area contributed by atoms with Gasteiger partial charge in [0.2, 0.25) is 0 Å². The van der Waals surface area contributed by atoms with E-state index >= 15 is 0 Å². The Labute approximate surface area is 198 Å². The van der Waals surface area contributed by atoms with E-state index in [-0.39, 0.29) is 36.2 Å². The second-order valence-electron chi connectivity index (χ2n) is 7.37. The molecule has 0 radical (unpaired) electrons. The van der Waals surface area contributed by atoms with Gasteiger partial charge in [0.15, 0.2) is 5.25 Å². The van der Waals surface area contributed by atoms with E-state index in [1.807, 2.05) is 0 Å². The van der Waals surface area contributed by atoms with Crippen LogP contribution in [0.15, 0.2) is 0 Å². The molecule has 168 valence electrons. The van der Waals surface area contributed by atoms with Crippen LogP contribution in [0.1, 0.15) is 103 Å². The van der Waals surface area contributed by atoms with Gasteiger partial charge in [0.25, 0.3) is 10.1 Å². The van der Waals surface area contributed by atoms with E-state index < -0.39 is 33.7 Å². The van der Waals surface area contributed by atoms with Gasteiger partial charge in [-0.3, -0.25) is 14.1 Å². The van der Waals surface area contributed by atoms with Crippen LogP contribution in [0.2, 0.25) is 0 Å². The van der Waals surface area contributed by atoms with Crippen LogP contribution in [0.25, 0.3) is 0 Å². The average Bonchev–Trinajstić information content (AvgIpc) is 2.61. The number of esters is 1. The molecule has 0 saturated heterocycles. The number of carboxylic acids is 1. The number of rotatable bonds is 19. The van der Waals surface area contributed by atoms with Gasteiger partial charge >= 0.3 is 41.5 Å². The predicted molar refractivity (Wildman–Crippen MR) is 116 cm³/mol. The van der Waals surface area contributed by atoms with Gasteiger partial charge in [-0.05, 0) is 6.42 Å². The van der Waals surface area contributed by atoms with Crippen LogP contribution in [0, 0.1) is 0 Å². The third-order valence-corrected chi connectivity index (χ3v) is 5.80. The summed E-state index contributed by atoms with van der Waals surface area (Å²) in [5, 5.41) is 6.56. The molecule has 0 aliphatic carbocycles. The van der Waals surface area contributed by atoms with Gasteiger partial charge in [-0.25, -0.2) is 0 Å². The van der Waals surface area contributed by atoms with E-state index in [1.54, 1.807) is 0 Å². The van der Waals surface area contributed by atoms with Gasteiger partial charge in [-0.2, -0.15) is 8.42 Å². The molecule has 0 aromatic heterocycles. The van der Waals surface area contributed by atoms with E-state index in [4.69, 9.17) is 14.4 Å². The molecule has 1 unspecified atom stereocenters. The Balaban J connectivity index is 0. The molecule has 0 bridgehead atoms. The van der Waals surface area contributed by atoms with Crippen molar-refractivity contribution in [2.75, 3.05) is 6.61 Å². The second kappa shape index (κ2) is 19.8. The minimum atomic E-state index is -4.79. The van der Waals surface area contributed by atoms with Gasteiger partial charge < -0.3 is 9.84 Å². The molecule has 0 saturated carbocycles. The maximum atomic E-state index is 11.6. The van der Waals surface area contributed by atoms with Crippen molar-refractivity contribution in [1.29, 1.82) is 0 Å². The van der Waals surface area contributed by atoms with E-state index in [1.165, 1.54) is 64.2 Å². The van der Waals surface area contributed by atoms with Crippen LogP contribution >= 0.6 is 0 Å². The zero-order valence-electron chi connectivity index (χ0n) is 17.2. The Kier molecular flexibility index (Phi) is 21.2. The second-order valence-corrected chi connectivity index (χ2v) is 8.96. The Hall–Kier alpha value is -0.150. The number of ether oxygens (including phenoxy) is 1. The summed E-state index contributed by atoms with van der Waals surface area (Å²) in [6.07, 6.45) is 15.7. The first-order valence-electron chi connectivity index (χ1n) is 10.6. The first-order chi connectivity index (χ1) is 13.3. The Morgan fingerprint density at radius 1 is 0.793 bits per heavy atom. The number of carbonyl (C=O) groups excluding carboxylic acids is 1. The van der Waals surface area contributed by atoms with Crippen LogP contribution in [0.5, 0.6) is 0 Å².